The van der Waals surface area contributed by atoms with Gasteiger partial charge in [-0.1, -0.05) is 44.0 Å². The summed E-state index contributed by atoms with van der Waals surface area (Å²) >= 11 is 8.31. The van der Waals surface area contributed by atoms with Gasteiger partial charge in [-0.2, -0.15) is 0 Å². The summed E-state index contributed by atoms with van der Waals surface area (Å²) in [6, 6.07) is 11.9. The number of hydrogen-bond donors (Lipinski definition) is 2. The van der Waals surface area contributed by atoms with Gasteiger partial charge in [-0.15, -0.1) is 11.3 Å². The Balaban J connectivity index is 1.55. The Bertz CT molecular complexity index is 1330. The Labute approximate surface area is 174 Å². The summed E-state index contributed by atoms with van der Waals surface area (Å²) in [4.78, 5) is 24.0. The molecule has 0 aliphatic carbocycles. The molecule has 4 nitrogen and oxygen atoms in total. The van der Waals surface area contributed by atoms with Crippen LogP contribution in [0.2, 0.25) is 0 Å². The van der Waals surface area contributed by atoms with Gasteiger partial charge in [0, 0.05) is 54.1 Å². The van der Waals surface area contributed by atoms with E-state index in [9.17, 15) is 4.79 Å². The third-order valence-electron chi connectivity index (χ3n) is 4.51. The Hall–Kier alpha value is -2.22. The van der Waals surface area contributed by atoms with E-state index in [-0.39, 0.29) is 5.78 Å². The van der Waals surface area contributed by atoms with Crippen molar-refractivity contribution in [2.24, 2.45) is 0 Å². The molecule has 2 N–H and O–H groups in total. The first-order valence-electron chi connectivity index (χ1n) is 8.14. The van der Waals surface area contributed by atoms with Gasteiger partial charge < -0.3 is 9.97 Å². The maximum absolute atomic E-state index is 13.0. The SMILES string of the molecule is O=C(c1nc(-c2c[nH]c3cc(Br)ccc23)cs1)c1c[nH]c2cc(Br)ccc12. The van der Waals surface area contributed by atoms with Crippen LogP contribution in [0, 0.1) is 0 Å². The van der Waals surface area contributed by atoms with E-state index in [1.165, 1.54) is 11.3 Å². The van der Waals surface area contributed by atoms with Gasteiger partial charge in [0.15, 0.2) is 5.01 Å². The zero-order valence-electron chi connectivity index (χ0n) is 13.7. The maximum Gasteiger partial charge on any atom is 0.223 e. The number of halogens is 2. The van der Waals surface area contributed by atoms with Crippen LogP contribution in [0.25, 0.3) is 33.1 Å². The maximum atomic E-state index is 13.0. The number of carbonyl (C=O) groups excluding carboxylic acids is 1. The molecule has 27 heavy (non-hydrogen) atoms. The number of hydrogen-bond acceptors (Lipinski definition) is 3. The number of aromatic amines is 2. The van der Waals surface area contributed by atoms with E-state index in [4.69, 9.17) is 0 Å². The molecule has 3 heterocycles. The Morgan fingerprint density at radius 3 is 2.37 bits per heavy atom. The van der Waals surface area contributed by atoms with E-state index in [0.29, 0.717) is 10.6 Å². The lowest BCUT2D eigenvalue weighted by Crippen LogP contribution is -1.99. The molecule has 0 unspecified atom stereocenters. The predicted molar refractivity (Wildman–Crippen MR) is 117 cm³/mol. The number of thiazole rings is 1. The molecule has 7 heteroatoms. The quantitative estimate of drug-likeness (QED) is 0.276. The molecule has 0 aliphatic heterocycles. The van der Waals surface area contributed by atoms with Crippen molar-refractivity contribution in [3.05, 3.63) is 73.7 Å². The Morgan fingerprint density at radius 1 is 0.926 bits per heavy atom. The summed E-state index contributed by atoms with van der Waals surface area (Å²) in [5, 5.41) is 4.40. The molecule has 0 saturated heterocycles. The number of rotatable bonds is 3. The summed E-state index contributed by atoms with van der Waals surface area (Å²) in [5.41, 5.74) is 4.39. The van der Waals surface area contributed by atoms with Crippen LogP contribution in [0.5, 0.6) is 0 Å². The standard InChI is InChI=1S/C20H11Br2N3OS/c21-10-1-3-12-14(7-23-16(12)5-10)18-9-27-20(25-18)19(26)15-8-24-17-6-11(22)2-4-13(15)17/h1-9,23-24H. The molecular weight excluding hydrogens is 490 g/mol. The van der Waals surface area contributed by atoms with E-state index in [2.05, 4.69) is 46.8 Å². The minimum absolute atomic E-state index is 0.0672. The van der Waals surface area contributed by atoms with Crippen LogP contribution < -0.4 is 0 Å². The number of nitrogens with zero attached hydrogens (tertiary/aromatic N) is 1. The third-order valence-corrected chi connectivity index (χ3v) is 6.33. The van der Waals surface area contributed by atoms with Crippen molar-refractivity contribution in [1.82, 2.24) is 15.0 Å². The number of H-pyrrole nitrogens is 2. The first-order valence-corrected chi connectivity index (χ1v) is 10.6. The molecule has 5 rings (SSSR count). The number of nitrogens with one attached hydrogen (secondary N) is 2. The summed E-state index contributed by atoms with van der Waals surface area (Å²) < 4.78 is 1.99. The van der Waals surface area contributed by atoms with Gasteiger partial charge >= 0.3 is 0 Å². The average molecular weight is 501 g/mol. The van der Waals surface area contributed by atoms with Crippen molar-refractivity contribution in [2.45, 2.75) is 0 Å². The molecule has 0 radical (unpaired) electrons. The number of fused-ring (bicyclic) bond motifs is 2. The molecule has 0 spiro atoms. The van der Waals surface area contributed by atoms with Gasteiger partial charge in [-0.25, -0.2) is 4.98 Å². The van der Waals surface area contributed by atoms with Gasteiger partial charge in [-0.05, 0) is 24.3 Å². The van der Waals surface area contributed by atoms with E-state index in [1.54, 1.807) is 6.20 Å². The molecule has 0 amide bonds. The van der Waals surface area contributed by atoms with E-state index >= 15 is 0 Å². The van der Waals surface area contributed by atoms with E-state index in [0.717, 1.165) is 42.0 Å². The van der Waals surface area contributed by atoms with Crippen LogP contribution >= 0.6 is 43.2 Å². The number of ketones is 1. The van der Waals surface area contributed by atoms with Crippen molar-refractivity contribution in [2.75, 3.05) is 0 Å². The van der Waals surface area contributed by atoms with E-state index < -0.39 is 0 Å². The van der Waals surface area contributed by atoms with Crippen molar-refractivity contribution >= 4 is 70.8 Å². The fourth-order valence-electron chi connectivity index (χ4n) is 3.21. The average Bonchev–Trinajstić information content (AvgIpc) is 3.37. The van der Waals surface area contributed by atoms with Gasteiger partial charge in [0.1, 0.15) is 0 Å². The molecule has 0 bridgehead atoms. The summed E-state index contributed by atoms with van der Waals surface area (Å²) in [7, 11) is 0. The first-order chi connectivity index (χ1) is 13.1. The second kappa shape index (κ2) is 6.44. The third kappa shape index (κ3) is 2.86. The van der Waals surface area contributed by atoms with Crippen LogP contribution in [0.3, 0.4) is 0 Å². The van der Waals surface area contributed by atoms with Crippen molar-refractivity contribution in [1.29, 1.82) is 0 Å². The van der Waals surface area contributed by atoms with Crippen LogP contribution in [-0.4, -0.2) is 20.7 Å². The molecule has 3 aromatic heterocycles. The molecule has 0 fully saturated rings. The molecular formula is C20H11Br2N3OS. The topological polar surface area (TPSA) is 61.5 Å². The number of benzene rings is 2. The van der Waals surface area contributed by atoms with Crippen LogP contribution in [0.4, 0.5) is 0 Å². The highest BCUT2D eigenvalue weighted by Crippen LogP contribution is 2.32. The Kier molecular flexibility index (Phi) is 4.03. The van der Waals surface area contributed by atoms with Crippen molar-refractivity contribution in [3.8, 4) is 11.3 Å². The molecule has 132 valence electrons. The second-order valence-corrected chi connectivity index (χ2v) is 8.84. The number of aromatic nitrogens is 3. The minimum atomic E-state index is -0.0672. The van der Waals surface area contributed by atoms with E-state index in [1.807, 2.05) is 48.0 Å². The zero-order chi connectivity index (χ0) is 18.5. The van der Waals surface area contributed by atoms with Crippen molar-refractivity contribution < 1.29 is 4.79 Å². The lowest BCUT2D eigenvalue weighted by Gasteiger charge is -1.97. The summed E-state index contributed by atoms with van der Waals surface area (Å²) in [5.74, 6) is -0.0672. The van der Waals surface area contributed by atoms with Crippen molar-refractivity contribution in [3.63, 3.8) is 0 Å². The van der Waals surface area contributed by atoms with Crippen LogP contribution in [0.1, 0.15) is 15.4 Å². The minimum Gasteiger partial charge on any atom is -0.360 e. The molecule has 2 aromatic carbocycles. The molecule has 5 aromatic rings. The van der Waals surface area contributed by atoms with Crippen LogP contribution in [0.15, 0.2) is 63.1 Å². The highest BCUT2D eigenvalue weighted by molar-refractivity contribution is 9.10. The summed E-state index contributed by atoms with van der Waals surface area (Å²) in [6.07, 6.45) is 3.69. The smallest absolute Gasteiger partial charge is 0.223 e. The van der Waals surface area contributed by atoms with Gasteiger partial charge in [0.05, 0.1) is 11.3 Å². The normalized spacial score (nSPS) is 11.5. The fraction of sp³-hybridized carbons (Fsp3) is 0. The van der Waals surface area contributed by atoms with Gasteiger partial charge in [-0.3, -0.25) is 4.79 Å². The first kappa shape index (κ1) is 16.9. The zero-order valence-corrected chi connectivity index (χ0v) is 17.7. The lowest BCUT2D eigenvalue weighted by molar-refractivity contribution is 0.104. The highest BCUT2D eigenvalue weighted by atomic mass is 79.9. The highest BCUT2D eigenvalue weighted by Gasteiger charge is 2.19. The van der Waals surface area contributed by atoms with Gasteiger partial charge in [0.25, 0.3) is 0 Å². The fourth-order valence-corrected chi connectivity index (χ4v) is 4.71. The predicted octanol–water partition coefficient (Wildman–Crippen LogP) is 6.53. The molecule has 0 aliphatic rings. The van der Waals surface area contributed by atoms with Gasteiger partial charge in [0.2, 0.25) is 5.78 Å². The lowest BCUT2D eigenvalue weighted by atomic mass is 10.1. The largest absolute Gasteiger partial charge is 0.360 e. The molecule has 0 saturated carbocycles. The summed E-state index contributed by atoms with van der Waals surface area (Å²) in [6.45, 7) is 0. The number of carbonyl (C=O) groups is 1. The second-order valence-electron chi connectivity index (χ2n) is 6.15. The Morgan fingerprint density at radius 2 is 1.59 bits per heavy atom. The van der Waals surface area contributed by atoms with Crippen LogP contribution in [-0.2, 0) is 0 Å². The molecule has 0 atom stereocenters. The monoisotopic (exact) mass is 499 g/mol.